The van der Waals surface area contributed by atoms with Crippen molar-refractivity contribution in [2.45, 2.75) is 13.3 Å². The van der Waals surface area contributed by atoms with Crippen LogP contribution >= 0.6 is 0 Å². The molecule has 0 N–H and O–H groups in total. The SMILES string of the molecule is [C-]#[N+]CCc1cc2c(C=Cc3ccncc3)cc(-c3cncn3C)nc2cc1C. The van der Waals surface area contributed by atoms with E-state index in [9.17, 15) is 0 Å². The Kier molecular flexibility index (Phi) is 5.17. The maximum Gasteiger partial charge on any atom is 0.218 e. The third kappa shape index (κ3) is 3.92. The van der Waals surface area contributed by atoms with Crippen LogP contribution in [0.15, 0.2) is 55.2 Å². The summed E-state index contributed by atoms with van der Waals surface area (Å²) in [5.74, 6) is 0. The standard InChI is InChI=1S/C24H21N5/c1-17-12-22-21(13-19(17)8-9-25-2)20(5-4-18-6-10-26-11-7-18)14-23(28-22)24-15-27-16-29(24)3/h4-7,10-16H,8-9H2,1,3H3. The van der Waals surface area contributed by atoms with Gasteiger partial charge in [0.25, 0.3) is 0 Å². The van der Waals surface area contributed by atoms with E-state index < -0.39 is 0 Å². The van der Waals surface area contributed by atoms with E-state index in [4.69, 9.17) is 11.6 Å². The van der Waals surface area contributed by atoms with Crippen molar-refractivity contribution in [1.29, 1.82) is 0 Å². The van der Waals surface area contributed by atoms with Crippen LogP contribution in [0.3, 0.4) is 0 Å². The molecule has 0 bridgehead atoms. The highest BCUT2D eigenvalue weighted by Crippen LogP contribution is 2.28. The fourth-order valence-electron chi connectivity index (χ4n) is 3.43. The van der Waals surface area contributed by atoms with Gasteiger partial charge in [0, 0.05) is 31.2 Å². The van der Waals surface area contributed by atoms with Crippen LogP contribution in [0.1, 0.15) is 22.3 Å². The van der Waals surface area contributed by atoms with Crippen LogP contribution < -0.4 is 0 Å². The van der Waals surface area contributed by atoms with Crippen LogP contribution in [0.5, 0.6) is 0 Å². The Morgan fingerprint density at radius 1 is 1.10 bits per heavy atom. The van der Waals surface area contributed by atoms with Gasteiger partial charge in [0.1, 0.15) is 0 Å². The monoisotopic (exact) mass is 379 g/mol. The minimum absolute atomic E-state index is 0.495. The van der Waals surface area contributed by atoms with Gasteiger partial charge < -0.3 is 9.41 Å². The van der Waals surface area contributed by atoms with E-state index in [1.807, 2.05) is 29.9 Å². The molecule has 0 aliphatic rings. The molecule has 4 aromatic rings. The highest BCUT2D eigenvalue weighted by Gasteiger charge is 2.11. The number of rotatable bonds is 5. The van der Waals surface area contributed by atoms with Crippen LogP contribution in [0.2, 0.25) is 0 Å². The van der Waals surface area contributed by atoms with Crippen LogP contribution in [-0.2, 0) is 13.5 Å². The average molecular weight is 379 g/mol. The number of hydrogen-bond acceptors (Lipinski definition) is 3. The van der Waals surface area contributed by atoms with Crippen molar-refractivity contribution in [3.63, 3.8) is 0 Å². The molecule has 142 valence electrons. The lowest BCUT2D eigenvalue weighted by atomic mass is 9.98. The van der Waals surface area contributed by atoms with Gasteiger partial charge in [-0.3, -0.25) is 4.98 Å². The molecule has 1 aromatic carbocycles. The average Bonchev–Trinajstić information content (AvgIpc) is 3.17. The van der Waals surface area contributed by atoms with Gasteiger partial charge >= 0.3 is 0 Å². The minimum Gasteiger partial charge on any atom is -0.332 e. The summed E-state index contributed by atoms with van der Waals surface area (Å²) in [6.07, 6.45) is 12.2. The minimum atomic E-state index is 0.495. The first kappa shape index (κ1) is 18.6. The predicted octanol–water partition coefficient (Wildman–Crippen LogP) is 4.97. The first-order valence-electron chi connectivity index (χ1n) is 9.48. The van der Waals surface area contributed by atoms with Gasteiger partial charge in [-0.05, 0) is 59.5 Å². The zero-order valence-electron chi connectivity index (χ0n) is 16.5. The Balaban J connectivity index is 1.89. The fourth-order valence-corrected chi connectivity index (χ4v) is 3.43. The number of aromatic nitrogens is 4. The van der Waals surface area contributed by atoms with Crippen molar-refractivity contribution in [2.24, 2.45) is 7.05 Å². The van der Waals surface area contributed by atoms with E-state index in [-0.39, 0.29) is 0 Å². The number of benzene rings is 1. The maximum atomic E-state index is 7.11. The second-order valence-electron chi connectivity index (χ2n) is 7.03. The van der Waals surface area contributed by atoms with Crippen LogP contribution in [0.25, 0.3) is 39.3 Å². The first-order chi connectivity index (χ1) is 14.2. The van der Waals surface area contributed by atoms with Gasteiger partial charge in [0.2, 0.25) is 6.54 Å². The van der Waals surface area contributed by atoms with E-state index >= 15 is 0 Å². The molecule has 0 saturated heterocycles. The third-order valence-corrected chi connectivity index (χ3v) is 5.03. The summed E-state index contributed by atoms with van der Waals surface area (Å²) < 4.78 is 1.97. The molecule has 0 aliphatic carbocycles. The van der Waals surface area contributed by atoms with Crippen molar-refractivity contribution in [2.75, 3.05) is 6.54 Å². The first-order valence-corrected chi connectivity index (χ1v) is 9.48. The second-order valence-corrected chi connectivity index (χ2v) is 7.03. The second kappa shape index (κ2) is 8.07. The topological polar surface area (TPSA) is 48.0 Å². The molecule has 0 atom stereocenters. The van der Waals surface area contributed by atoms with Crippen LogP contribution in [-0.4, -0.2) is 26.1 Å². The van der Waals surface area contributed by atoms with Gasteiger partial charge in [-0.1, -0.05) is 12.2 Å². The largest absolute Gasteiger partial charge is 0.332 e. The van der Waals surface area contributed by atoms with Gasteiger partial charge in [-0.15, -0.1) is 0 Å². The molecular weight excluding hydrogens is 358 g/mol. The Labute approximate surface area is 170 Å². The number of imidazole rings is 1. The molecule has 5 nitrogen and oxygen atoms in total. The molecule has 0 saturated carbocycles. The summed E-state index contributed by atoms with van der Waals surface area (Å²) in [4.78, 5) is 16.7. The van der Waals surface area contributed by atoms with Crippen molar-refractivity contribution in [1.82, 2.24) is 19.5 Å². The fraction of sp³-hybridized carbons (Fsp3) is 0.167. The van der Waals surface area contributed by atoms with E-state index in [0.717, 1.165) is 39.8 Å². The smallest absolute Gasteiger partial charge is 0.218 e. The molecule has 0 aliphatic heterocycles. The Morgan fingerprint density at radius 2 is 1.93 bits per heavy atom. The molecule has 5 heteroatoms. The van der Waals surface area contributed by atoms with E-state index in [2.05, 4.69) is 52.1 Å². The molecule has 29 heavy (non-hydrogen) atoms. The Hall–Kier alpha value is -3.78. The Bertz CT molecular complexity index is 1230. The summed E-state index contributed by atoms with van der Waals surface area (Å²) in [6.45, 7) is 9.69. The summed E-state index contributed by atoms with van der Waals surface area (Å²) in [6, 6.07) is 10.4. The molecule has 0 unspecified atom stereocenters. The Morgan fingerprint density at radius 3 is 2.66 bits per heavy atom. The van der Waals surface area contributed by atoms with Gasteiger partial charge in [0.05, 0.1) is 29.4 Å². The normalized spacial score (nSPS) is 11.2. The highest BCUT2D eigenvalue weighted by atomic mass is 15.0. The molecule has 0 amide bonds. The quantitative estimate of drug-likeness (QED) is 0.460. The summed E-state index contributed by atoms with van der Waals surface area (Å²) in [7, 11) is 1.97. The van der Waals surface area contributed by atoms with E-state index in [1.54, 1.807) is 18.7 Å². The lowest BCUT2D eigenvalue weighted by Crippen LogP contribution is -1.97. The number of pyridine rings is 2. The highest BCUT2D eigenvalue weighted by molar-refractivity contribution is 5.93. The van der Waals surface area contributed by atoms with Crippen molar-refractivity contribution in [3.8, 4) is 11.4 Å². The molecule has 0 spiro atoms. The maximum absolute atomic E-state index is 7.11. The summed E-state index contributed by atoms with van der Waals surface area (Å²) >= 11 is 0. The van der Waals surface area contributed by atoms with E-state index in [1.165, 1.54) is 11.1 Å². The number of hydrogen-bond donors (Lipinski definition) is 0. The van der Waals surface area contributed by atoms with Crippen LogP contribution in [0, 0.1) is 13.5 Å². The zero-order valence-corrected chi connectivity index (χ0v) is 16.5. The van der Waals surface area contributed by atoms with Gasteiger partial charge in [-0.2, -0.15) is 0 Å². The predicted molar refractivity (Wildman–Crippen MR) is 117 cm³/mol. The zero-order chi connectivity index (χ0) is 20.2. The molecule has 3 aromatic heterocycles. The number of nitrogens with zero attached hydrogens (tertiary/aromatic N) is 5. The van der Waals surface area contributed by atoms with Crippen molar-refractivity contribution >= 4 is 23.1 Å². The lowest BCUT2D eigenvalue weighted by molar-refractivity contribution is 0.917. The third-order valence-electron chi connectivity index (χ3n) is 5.03. The molecular formula is C24H21N5. The molecule has 0 fully saturated rings. The summed E-state index contributed by atoms with van der Waals surface area (Å²) in [5, 5.41) is 1.09. The van der Waals surface area contributed by atoms with E-state index in [0.29, 0.717) is 6.54 Å². The van der Waals surface area contributed by atoms with Crippen molar-refractivity contribution < 1.29 is 0 Å². The lowest BCUT2D eigenvalue weighted by Gasteiger charge is -2.11. The molecule has 0 radical (unpaired) electrons. The number of aryl methyl sites for hydroxylation is 2. The molecule has 4 rings (SSSR count). The van der Waals surface area contributed by atoms with Crippen molar-refractivity contribution in [3.05, 3.63) is 88.9 Å². The summed E-state index contributed by atoms with van der Waals surface area (Å²) in [5.41, 5.74) is 7.35. The molecule has 3 heterocycles. The number of fused-ring (bicyclic) bond motifs is 1. The van der Waals surface area contributed by atoms with Crippen LogP contribution in [0.4, 0.5) is 0 Å². The van der Waals surface area contributed by atoms with Gasteiger partial charge in [-0.25, -0.2) is 16.5 Å². The van der Waals surface area contributed by atoms with Gasteiger partial charge in [0.15, 0.2) is 0 Å².